The molecule has 4 heteroatoms. The van der Waals surface area contributed by atoms with Gasteiger partial charge in [0, 0.05) is 0 Å². The summed E-state index contributed by atoms with van der Waals surface area (Å²) in [5, 5.41) is 20.4. The Balaban J connectivity index is 2.89. The molecule has 0 aromatic carbocycles. The smallest absolute Gasteiger partial charge is 0.335 e. The summed E-state index contributed by atoms with van der Waals surface area (Å²) in [6.07, 6.45) is 4.04. The van der Waals surface area contributed by atoms with Crippen LogP contribution < -0.4 is 5.32 Å². The van der Waals surface area contributed by atoms with E-state index >= 15 is 0 Å². The van der Waals surface area contributed by atoms with E-state index in [0.717, 1.165) is 0 Å². The highest BCUT2D eigenvalue weighted by Crippen LogP contribution is 2.11. The molecule has 0 amide bonds. The van der Waals surface area contributed by atoms with Crippen LogP contribution in [0.5, 0.6) is 0 Å². The van der Waals surface area contributed by atoms with Crippen molar-refractivity contribution in [1.82, 2.24) is 5.32 Å². The largest absolute Gasteiger partial charge is 0.478 e. The number of aliphatic hydroxyl groups is 1. The first-order valence-electron chi connectivity index (χ1n) is 3.14. The Morgan fingerprint density at radius 1 is 1.73 bits per heavy atom. The molecule has 1 atom stereocenters. The molecule has 60 valence electrons. The number of carboxylic acids is 1. The van der Waals surface area contributed by atoms with Crippen molar-refractivity contribution in [2.75, 3.05) is 0 Å². The molecule has 11 heavy (non-hydrogen) atoms. The van der Waals surface area contributed by atoms with Gasteiger partial charge in [-0.1, -0.05) is 0 Å². The molecule has 0 spiro atoms. The van der Waals surface area contributed by atoms with Crippen LogP contribution in [0.2, 0.25) is 0 Å². The molecule has 1 heterocycles. The van der Waals surface area contributed by atoms with Gasteiger partial charge >= 0.3 is 5.97 Å². The molecule has 1 rings (SSSR count). The Hall–Kier alpha value is -1.29. The Morgan fingerprint density at radius 2 is 2.36 bits per heavy atom. The van der Waals surface area contributed by atoms with Crippen LogP contribution in [0.3, 0.4) is 0 Å². The Morgan fingerprint density at radius 3 is 2.73 bits per heavy atom. The van der Waals surface area contributed by atoms with Crippen molar-refractivity contribution < 1.29 is 15.0 Å². The second kappa shape index (κ2) is 2.39. The SMILES string of the molecule is CC1(O)C=C(C(=O)O)C=CN1. The molecule has 0 aliphatic carbocycles. The van der Waals surface area contributed by atoms with Gasteiger partial charge in [0.25, 0.3) is 0 Å². The van der Waals surface area contributed by atoms with E-state index in [1.165, 1.54) is 25.3 Å². The normalized spacial score (nSPS) is 29.1. The average Bonchev–Trinajstić information content (AvgIpc) is 1.85. The number of carboxylic acid groups (broad SMARTS) is 1. The van der Waals surface area contributed by atoms with E-state index < -0.39 is 11.7 Å². The first-order valence-corrected chi connectivity index (χ1v) is 3.14. The fourth-order valence-electron chi connectivity index (χ4n) is 0.826. The highest BCUT2D eigenvalue weighted by atomic mass is 16.4. The number of hydrogen-bond donors (Lipinski definition) is 3. The van der Waals surface area contributed by atoms with Crippen molar-refractivity contribution in [3.05, 3.63) is 23.9 Å². The van der Waals surface area contributed by atoms with Crippen LogP contribution in [-0.4, -0.2) is 21.9 Å². The Labute approximate surface area is 63.8 Å². The third-order valence-corrected chi connectivity index (χ3v) is 1.32. The maximum atomic E-state index is 10.4. The monoisotopic (exact) mass is 155 g/mol. The Bertz CT molecular complexity index is 240. The Kier molecular flexibility index (Phi) is 1.70. The summed E-state index contributed by atoms with van der Waals surface area (Å²) in [4.78, 5) is 10.4. The number of rotatable bonds is 1. The second-order valence-electron chi connectivity index (χ2n) is 2.53. The van der Waals surface area contributed by atoms with Crippen molar-refractivity contribution in [1.29, 1.82) is 0 Å². The van der Waals surface area contributed by atoms with Crippen molar-refractivity contribution in [3.63, 3.8) is 0 Å². The van der Waals surface area contributed by atoms with Gasteiger partial charge < -0.3 is 15.5 Å². The molecule has 0 bridgehead atoms. The molecule has 0 aromatic heterocycles. The topological polar surface area (TPSA) is 69.6 Å². The van der Waals surface area contributed by atoms with E-state index in [1.807, 2.05) is 0 Å². The lowest BCUT2D eigenvalue weighted by Gasteiger charge is -2.22. The molecule has 0 saturated heterocycles. The van der Waals surface area contributed by atoms with Crippen LogP contribution in [0, 0.1) is 0 Å². The lowest BCUT2D eigenvalue weighted by atomic mass is 10.1. The molecule has 0 fully saturated rings. The predicted octanol–water partition coefficient (Wildman–Crippen LogP) is -0.177. The lowest BCUT2D eigenvalue weighted by molar-refractivity contribution is -0.132. The summed E-state index contributed by atoms with van der Waals surface area (Å²) >= 11 is 0. The quantitative estimate of drug-likeness (QED) is 0.491. The molecule has 1 unspecified atom stereocenters. The molecule has 1 aliphatic rings. The van der Waals surface area contributed by atoms with Crippen LogP contribution in [0.25, 0.3) is 0 Å². The van der Waals surface area contributed by atoms with Crippen LogP contribution in [0.4, 0.5) is 0 Å². The zero-order valence-corrected chi connectivity index (χ0v) is 6.03. The van der Waals surface area contributed by atoms with E-state index in [9.17, 15) is 9.90 Å². The molecular formula is C7H9NO3. The van der Waals surface area contributed by atoms with E-state index in [4.69, 9.17) is 5.11 Å². The minimum atomic E-state index is -1.25. The van der Waals surface area contributed by atoms with E-state index in [2.05, 4.69) is 5.32 Å². The standard InChI is InChI=1S/C7H9NO3/c1-7(11)4-5(6(9)10)2-3-8-7/h2-4,8,11H,1H3,(H,9,10). The van der Waals surface area contributed by atoms with Gasteiger partial charge in [0.2, 0.25) is 0 Å². The molecule has 4 nitrogen and oxygen atoms in total. The summed E-state index contributed by atoms with van der Waals surface area (Å²) in [7, 11) is 0. The number of carbonyl (C=O) groups is 1. The highest BCUT2D eigenvalue weighted by Gasteiger charge is 2.20. The minimum Gasteiger partial charge on any atom is -0.478 e. The van der Waals surface area contributed by atoms with Gasteiger partial charge in [-0.05, 0) is 25.3 Å². The molecule has 0 aromatic rings. The van der Waals surface area contributed by atoms with Gasteiger partial charge in [-0.15, -0.1) is 0 Å². The van der Waals surface area contributed by atoms with Crippen molar-refractivity contribution in [2.24, 2.45) is 0 Å². The summed E-state index contributed by atoms with van der Waals surface area (Å²) in [5.74, 6) is -1.04. The van der Waals surface area contributed by atoms with Crippen molar-refractivity contribution >= 4 is 5.97 Å². The number of nitrogens with one attached hydrogen (secondary N) is 1. The molecular weight excluding hydrogens is 146 g/mol. The van der Waals surface area contributed by atoms with Crippen LogP contribution in [0.15, 0.2) is 23.9 Å². The highest BCUT2D eigenvalue weighted by molar-refractivity contribution is 5.90. The van der Waals surface area contributed by atoms with Gasteiger partial charge in [0.1, 0.15) is 0 Å². The summed E-state index contributed by atoms with van der Waals surface area (Å²) in [6.45, 7) is 1.47. The van der Waals surface area contributed by atoms with Crippen LogP contribution >= 0.6 is 0 Å². The van der Waals surface area contributed by atoms with Crippen molar-refractivity contribution in [2.45, 2.75) is 12.6 Å². The molecule has 3 N–H and O–H groups in total. The zero-order chi connectivity index (χ0) is 8.48. The predicted molar refractivity (Wildman–Crippen MR) is 38.6 cm³/mol. The number of aliphatic carboxylic acids is 1. The van der Waals surface area contributed by atoms with Gasteiger partial charge in [0.15, 0.2) is 5.72 Å². The fourth-order valence-corrected chi connectivity index (χ4v) is 0.826. The minimum absolute atomic E-state index is 0.0914. The molecule has 0 radical (unpaired) electrons. The van der Waals surface area contributed by atoms with Gasteiger partial charge in [-0.3, -0.25) is 0 Å². The van der Waals surface area contributed by atoms with Gasteiger partial charge in [-0.2, -0.15) is 0 Å². The van der Waals surface area contributed by atoms with Gasteiger partial charge in [0.05, 0.1) is 5.57 Å². The molecule has 1 aliphatic heterocycles. The first-order chi connectivity index (χ1) is 5.01. The average molecular weight is 155 g/mol. The summed E-state index contributed by atoms with van der Waals surface area (Å²) in [6, 6.07) is 0. The van der Waals surface area contributed by atoms with Crippen LogP contribution in [-0.2, 0) is 4.79 Å². The van der Waals surface area contributed by atoms with Crippen molar-refractivity contribution in [3.8, 4) is 0 Å². The third kappa shape index (κ3) is 1.81. The van der Waals surface area contributed by atoms with Crippen LogP contribution in [0.1, 0.15) is 6.92 Å². The fraction of sp³-hybridized carbons (Fsp3) is 0.286. The maximum Gasteiger partial charge on any atom is 0.335 e. The lowest BCUT2D eigenvalue weighted by Crippen LogP contribution is -2.39. The third-order valence-electron chi connectivity index (χ3n) is 1.32. The maximum absolute atomic E-state index is 10.4. The number of hydrogen-bond acceptors (Lipinski definition) is 3. The molecule has 0 saturated carbocycles. The van der Waals surface area contributed by atoms with E-state index in [0.29, 0.717) is 0 Å². The van der Waals surface area contributed by atoms with E-state index in [1.54, 1.807) is 0 Å². The first kappa shape index (κ1) is 7.81. The number of dihydropyridines is 1. The second-order valence-corrected chi connectivity index (χ2v) is 2.53. The van der Waals surface area contributed by atoms with E-state index in [-0.39, 0.29) is 5.57 Å². The van der Waals surface area contributed by atoms with Gasteiger partial charge in [-0.25, -0.2) is 4.79 Å². The summed E-state index contributed by atoms with van der Waals surface area (Å²) < 4.78 is 0. The summed E-state index contributed by atoms with van der Waals surface area (Å²) in [5.41, 5.74) is -1.16. The zero-order valence-electron chi connectivity index (χ0n) is 6.03.